The lowest BCUT2D eigenvalue weighted by molar-refractivity contribution is 0.183. The molecule has 1 fully saturated rings. The molecule has 1 aliphatic rings. The van der Waals surface area contributed by atoms with Crippen molar-refractivity contribution in [3.8, 4) is 0 Å². The summed E-state index contributed by atoms with van der Waals surface area (Å²) in [6, 6.07) is 1.46. The fourth-order valence-electron chi connectivity index (χ4n) is 2.71. The molecule has 1 aliphatic heterocycles. The summed E-state index contributed by atoms with van der Waals surface area (Å²) in [7, 11) is 2.11. The Kier molecular flexibility index (Phi) is 5.49. The minimum atomic E-state index is 0.697. The van der Waals surface area contributed by atoms with E-state index in [-0.39, 0.29) is 0 Å². The van der Waals surface area contributed by atoms with Gasteiger partial charge < -0.3 is 5.32 Å². The number of rotatable bonds is 6. The van der Waals surface area contributed by atoms with Crippen LogP contribution in [0.4, 0.5) is 0 Å². The molecular formula is C12H26N2. The smallest absolute Gasteiger partial charge is 0.0246 e. The van der Waals surface area contributed by atoms with Crippen molar-refractivity contribution in [2.75, 3.05) is 20.1 Å². The van der Waals surface area contributed by atoms with Gasteiger partial charge in [0.25, 0.3) is 0 Å². The van der Waals surface area contributed by atoms with Gasteiger partial charge in [-0.1, -0.05) is 20.3 Å². The van der Waals surface area contributed by atoms with E-state index >= 15 is 0 Å². The highest BCUT2D eigenvalue weighted by molar-refractivity contribution is 4.84. The van der Waals surface area contributed by atoms with Crippen molar-refractivity contribution in [3.63, 3.8) is 0 Å². The van der Waals surface area contributed by atoms with Crippen LogP contribution in [-0.2, 0) is 0 Å². The number of hydrogen-bond acceptors (Lipinski definition) is 2. The Morgan fingerprint density at radius 2 is 1.86 bits per heavy atom. The third-order valence-corrected chi connectivity index (χ3v) is 3.46. The molecule has 2 atom stereocenters. The van der Waals surface area contributed by atoms with Crippen molar-refractivity contribution in [2.24, 2.45) is 0 Å². The minimum Gasteiger partial charge on any atom is -0.315 e. The zero-order chi connectivity index (χ0) is 10.4. The molecule has 2 heteroatoms. The molecule has 1 rings (SSSR count). The summed E-state index contributed by atoms with van der Waals surface area (Å²) in [5, 5.41) is 3.49. The molecule has 0 radical (unpaired) electrons. The number of likely N-dealkylation sites (N-methyl/N-ethyl adjacent to an activating group) is 1. The minimum absolute atomic E-state index is 0.697. The summed E-state index contributed by atoms with van der Waals surface area (Å²) in [6.45, 7) is 7.24. The van der Waals surface area contributed by atoms with Crippen LogP contribution < -0.4 is 5.32 Å². The Balaban J connectivity index is 2.48. The molecule has 1 heterocycles. The van der Waals surface area contributed by atoms with Crippen molar-refractivity contribution in [3.05, 3.63) is 0 Å². The molecule has 84 valence electrons. The first kappa shape index (κ1) is 12.0. The van der Waals surface area contributed by atoms with E-state index in [2.05, 4.69) is 31.1 Å². The largest absolute Gasteiger partial charge is 0.315 e. The summed E-state index contributed by atoms with van der Waals surface area (Å²) < 4.78 is 0. The predicted molar refractivity (Wildman–Crippen MR) is 62.6 cm³/mol. The number of nitrogens with zero attached hydrogens (tertiary/aromatic N) is 1. The lowest BCUT2D eigenvalue weighted by Gasteiger charge is -2.33. The number of likely N-dealkylation sites (tertiary alicyclic amines) is 1. The fourth-order valence-corrected chi connectivity index (χ4v) is 2.71. The van der Waals surface area contributed by atoms with Gasteiger partial charge in [-0.15, -0.1) is 0 Å². The Morgan fingerprint density at radius 3 is 2.29 bits per heavy atom. The van der Waals surface area contributed by atoms with Gasteiger partial charge in [0.05, 0.1) is 0 Å². The topological polar surface area (TPSA) is 15.3 Å². The first-order valence-electron chi connectivity index (χ1n) is 6.24. The SMILES string of the molecule is CCCC(NC)C(CC)N1CCCC1. The van der Waals surface area contributed by atoms with Crippen LogP contribution in [0.3, 0.4) is 0 Å². The number of nitrogens with one attached hydrogen (secondary N) is 1. The molecule has 14 heavy (non-hydrogen) atoms. The Hall–Kier alpha value is -0.0800. The van der Waals surface area contributed by atoms with E-state index in [0.29, 0.717) is 6.04 Å². The fraction of sp³-hybridized carbons (Fsp3) is 1.00. The van der Waals surface area contributed by atoms with Crippen molar-refractivity contribution in [1.82, 2.24) is 10.2 Å². The van der Waals surface area contributed by atoms with Gasteiger partial charge >= 0.3 is 0 Å². The molecule has 2 unspecified atom stereocenters. The average Bonchev–Trinajstić information content (AvgIpc) is 2.71. The van der Waals surface area contributed by atoms with E-state index in [1.165, 1.54) is 45.2 Å². The van der Waals surface area contributed by atoms with Crippen LogP contribution in [0.2, 0.25) is 0 Å². The van der Waals surface area contributed by atoms with Crippen LogP contribution in [0.25, 0.3) is 0 Å². The van der Waals surface area contributed by atoms with Crippen LogP contribution >= 0.6 is 0 Å². The van der Waals surface area contributed by atoms with Gasteiger partial charge in [0.1, 0.15) is 0 Å². The van der Waals surface area contributed by atoms with Gasteiger partial charge in [0, 0.05) is 12.1 Å². The Morgan fingerprint density at radius 1 is 1.21 bits per heavy atom. The first-order chi connectivity index (χ1) is 6.83. The lowest BCUT2D eigenvalue weighted by Crippen LogP contribution is -2.47. The van der Waals surface area contributed by atoms with Crippen molar-refractivity contribution >= 4 is 0 Å². The second-order valence-corrected chi connectivity index (χ2v) is 4.40. The maximum atomic E-state index is 3.49. The molecule has 0 aromatic carbocycles. The molecule has 1 N–H and O–H groups in total. The normalized spacial score (nSPS) is 22.5. The van der Waals surface area contributed by atoms with Crippen molar-refractivity contribution in [2.45, 2.75) is 58.0 Å². The molecule has 0 bridgehead atoms. The first-order valence-corrected chi connectivity index (χ1v) is 6.24. The van der Waals surface area contributed by atoms with E-state index < -0.39 is 0 Å². The van der Waals surface area contributed by atoms with Gasteiger partial charge in [-0.25, -0.2) is 0 Å². The van der Waals surface area contributed by atoms with Gasteiger partial charge in [0.15, 0.2) is 0 Å². The summed E-state index contributed by atoms with van der Waals surface area (Å²) in [5.74, 6) is 0. The summed E-state index contributed by atoms with van der Waals surface area (Å²) in [4.78, 5) is 2.68. The maximum Gasteiger partial charge on any atom is 0.0246 e. The van der Waals surface area contributed by atoms with E-state index in [4.69, 9.17) is 0 Å². The molecule has 0 amide bonds. The standard InChI is InChI=1S/C12H26N2/c1-4-8-11(13-3)12(5-2)14-9-6-7-10-14/h11-13H,4-10H2,1-3H3. The molecule has 0 aliphatic carbocycles. The Bertz CT molecular complexity index is 141. The van der Waals surface area contributed by atoms with Crippen LogP contribution in [0.1, 0.15) is 46.0 Å². The monoisotopic (exact) mass is 198 g/mol. The molecule has 0 saturated carbocycles. The molecule has 0 aromatic heterocycles. The van der Waals surface area contributed by atoms with E-state index in [1.54, 1.807) is 0 Å². The molecule has 1 saturated heterocycles. The van der Waals surface area contributed by atoms with E-state index in [0.717, 1.165) is 6.04 Å². The second kappa shape index (κ2) is 6.41. The predicted octanol–water partition coefficient (Wildman–Crippen LogP) is 2.25. The molecular weight excluding hydrogens is 172 g/mol. The summed E-state index contributed by atoms with van der Waals surface area (Å²) in [6.07, 6.45) is 6.69. The van der Waals surface area contributed by atoms with Crippen LogP contribution in [-0.4, -0.2) is 37.1 Å². The van der Waals surface area contributed by atoms with E-state index in [9.17, 15) is 0 Å². The molecule has 0 spiro atoms. The third-order valence-electron chi connectivity index (χ3n) is 3.46. The highest BCUT2D eigenvalue weighted by atomic mass is 15.2. The molecule has 0 aromatic rings. The van der Waals surface area contributed by atoms with Gasteiger partial charge in [-0.3, -0.25) is 4.90 Å². The zero-order valence-electron chi connectivity index (χ0n) is 10.1. The molecule has 2 nitrogen and oxygen atoms in total. The van der Waals surface area contributed by atoms with Crippen molar-refractivity contribution in [1.29, 1.82) is 0 Å². The summed E-state index contributed by atoms with van der Waals surface area (Å²) >= 11 is 0. The summed E-state index contributed by atoms with van der Waals surface area (Å²) in [5.41, 5.74) is 0. The number of hydrogen-bond donors (Lipinski definition) is 1. The van der Waals surface area contributed by atoms with Gasteiger partial charge in [-0.05, 0) is 45.8 Å². The Labute approximate surface area is 89.1 Å². The zero-order valence-corrected chi connectivity index (χ0v) is 10.1. The van der Waals surface area contributed by atoms with Crippen LogP contribution in [0, 0.1) is 0 Å². The van der Waals surface area contributed by atoms with Gasteiger partial charge in [-0.2, -0.15) is 0 Å². The van der Waals surface area contributed by atoms with E-state index in [1.807, 2.05) is 0 Å². The van der Waals surface area contributed by atoms with Crippen LogP contribution in [0.15, 0.2) is 0 Å². The van der Waals surface area contributed by atoms with Crippen molar-refractivity contribution < 1.29 is 0 Å². The second-order valence-electron chi connectivity index (χ2n) is 4.40. The highest BCUT2D eigenvalue weighted by Gasteiger charge is 2.26. The van der Waals surface area contributed by atoms with Gasteiger partial charge in [0.2, 0.25) is 0 Å². The lowest BCUT2D eigenvalue weighted by atomic mass is 10.00. The quantitative estimate of drug-likeness (QED) is 0.704. The highest BCUT2D eigenvalue weighted by Crippen LogP contribution is 2.18. The third kappa shape index (κ3) is 2.96. The maximum absolute atomic E-state index is 3.49. The average molecular weight is 198 g/mol. The van der Waals surface area contributed by atoms with Crippen LogP contribution in [0.5, 0.6) is 0 Å².